The largest absolute Gasteiger partial charge is 0.490 e. The van der Waals surface area contributed by atoms with Gasteiger partial charge in [0.1, 0.15) is 11.1 Å². The molecular formula is C16H18F3N5O4S. The van der Waals surface area contributed by atoms with E-state index >= 15 is 0 Å². The number of aliphatic carboxylic acids is 1. The van der Waals surface area contributed by atoms with Crippen LogP contribution in [0.5, 0.6) is 0 Å². The number of alkyl halides is 3. The molecule has 0 bridgehead atoms. The number of nitrogens with one attached hydrogen (secondary N) is 1. The first kappa shape index (κ1) is 21.2. The summed E-state index contributed by atoms with van der Waals surface area (Å²) in [5.74, 6) is -2.32. The monoisotopic (exact) mass is 433 g/mol. The number of ether oxygens (including phenoxy) is 1. The number of hydrogen-bond donors (Lipinski definition) is 2. The number of imidazole rings is 1. The number of carboxylic acids is 1. The lowest BCUT2D eigenvalue weighted by Crippen LogP contribution is -2.28. The highest BCUT2D eigenvalue weighted by Crippen LogP contribution is 2.42. The first-order chi connectivity index (χ1) is 13.7. The third-order valence-electron chi connectivity index (χ3n) is 4.21. The summed E-state index contributed by atoms with van der Waals surface area (Å²) in [6.45, 7) is 0.731. The highest BCUT2D eigenvalue weighted by molar-refractivity contribution is 7.15. The van der Waals surface area contributed by atoms with Crippen LogP contribution >= 0.6 is 11.3 Å². The molecule has 2 aromatic heterocycles. The Morgan fingerprint density at radius 1 is 1.28 bits per heavy atom. The first-order valence-electron chi connectivity index (χ1n) is 8.78. The van der Waals surface area contributed by atoms with Crippen molar-refractivity contribution in [3.63, 3.8) is 0 Å². The number of halogens is 3. The number of anilines is 1. The van der Waals surface area contributed by atoms with Crippen molar-refractivity contribution < 1.29 is 32.6 Å². The zero-order valence-corrected chi connectivity index (χ0v) is 15.8. The molecule has 1 saturated heterocycles. The molecule has 1 aliphatic heterocycles. The highest BCUT2D eigenvalue weighted by Gasteiger charge is 2.38. The van der Waals surface area contributed by atoms with Crippen LogP contribution in [0.1, 0.15) is 36.6 Å². The summed E-state index contributed by atoms with van der Waals surface area (Å²) in [7, 11) is 0. The van der Waals surface area contributed by atoms with E-state index in [-0.39, 0.29) is 12.0 Å². The van der Waals surface area contributed by atoms with Crippen molar-refractivity contribution in [3.05, 3.63) is 23.7 Å². The normalized spacial score (nSPS) is 21.3. The zero-order valence-electron chi connectivity index (χ0n) is 15.0. The lowest BCUT2D eigenvalue weighted by molar-refractivity contribution is -0.192. The average Bonchev–Trinajstić information content (AvgIpc) is 3.04. The van der Waals surface area contributed by atoms with Crippen LogP contribution in [-0.2, 0) is 20.9 Å². The SMILES string of the molecule is O=C(Nc1nnc(C2CC2)s1)[C@@H]1CC[C@H](Cn2ccnc2)O1.O=C(O)C(F)(F)F. The van der Waals surface area contributed by atoms with E-state index < -0.39 is 18.2 Å². The standard InChI is InChI=1S/C14H17N5O2S.C2HF3O2/c20-12(16-14-18-17-13(22-14)9-1-2-9)11-4-3-10(21-11)7-19-6-5-15-8-19;3-2(4,5)1(6)7/h5-6,8-11H,1-4,7H2,(H,16,18,20);(H,6,7)/t10-,11+;/m1./s1. The van der Waals surface area contributed by atoms with Gasteiger partial charge in [-0.1, -0.05) is 11.3 Å². The molecule has 158 valence electrons. The van der Waals surface area contributed by atoms with E-state index in [4.69, 9.17) is 14.6 Å². The van der Waals surface area contributed by atoms with Crippen molar-refractivity contribution in [1.29, 1.82) is 0 Å². The minimum atomic E-state index is -5.08. The second kappa shape index (κ2) is 8.86. The molecule has 0 spiro atoms. The Bertz CT molecular complexity index is 838. The van der Waals surface area contributed by atoms with Gasteiger partial charge in [0, 0.05) is 24.9 Å². The van der Waals surface area contributed by atoms with Crippen LogP contribution in [0.4, 0.5) is 18.3 Å². The van der Waals surface area contributed by atoms with Crippen LogP contribution in [0.15, 0.2) is 18.7 Å². The predicted octanol–water partition coefficient (Wildman–Crippen LogP) is 2.43. The fourth-order valence-electron chi connectivity index (χ4n) is 2.63. The van der Waals surface area contributed by atoms with E-state index in [1.807, 2.05) is 10.8 Å². The molecule has 0 radical (unpaired) electrons. The third kappa shape index (κ3) is 6.22. The highest BCUT2D eigenvalue weighted by atomic mass is 32.1. The number of nitrogens with zero attached hydrogens (tertiary/aromatic N) is 4. The van der Waals surface area contributed by atoms with Crippen molar-refractivity contribution in [3.8, 4) is 0 Å². The Hall–Kier alpha value is -2.54. The molecule has 2 aliphatic rings. The van der Waals surface area contributed by atoms with Crippen molar-refractivity contribution in [2.45, 2.75) is 56.5 Å². The van der Waals surface area contributed by atoms with Crippen LogP contribution in [0, 0.1) is 0 Å². The van der Waals surface area contributed by atoms with Crippen molar-refractivity contribution in [2.24, 2.45) is 0 Å². The van der Waals surface area contributed by atoms with Crippen LogP contribution in [0.25, 0.3) is 0 Å². The molecule has 2 N–H and O–H groups in total. The summed E-state index contributed by atoms with van der Waals surface area (Å²) in [6.07, 6.45) is 3.96. The van der Waals surface area contributed by atoms with Crippen LogP contribution in [-0.4, -0.2) is 55.1 Å². The van der Waals surface area contributed by atoms with E-state index in [1.165, 1.54) is 24.2 Å². The van der Waals surface area contributed by atoms with Gasteiger partial charge < -0.3 is 14.4 Å². The number of rotatable bonds is 5. The second-order valence-electron chi connectivity index (χ2n) is 6.60. The summed E-state index contributed by atoms with van der Waals surface area (Å²) in [6, 6.07) is 0. The molecule has 0 aromatic carbocycles. The number of carboxylic acid groups (broad SMARTS) is 1. The maximum atomic E-state index is 12.2. The molecule has 0 unspecified atom stereocenters. The van der Waals surface area contributed by atoms with Crippen LogP contribution in [0.2, 0.25) is 0 Å². The van der Waals surface area contributed by atoms with E-state index in [9.17, 15) is 18.0 Å². The summed E-state index contributed by atoms with van der Waals surface area (Å²) >= 11 is 1.47. The lowest BCUT2D eigenvalue weighted by atomic mass is 10.2. The quantitative estimate of drug-likeness (QED) is 0.743. The van der Waals surface area contributed by atoms with Crippen molar-refractivity contribution >= 4 is 28.3 Å². The van der Waals surface area contributed by atoms with Gasteiger partial charge in [0.05, 0.1) is 12.4 Å². The molecule has 13 heteroatoms. The minimum Gasteiger partial charge on any atom is -0.475 e. The smallest absolute Gasteiger partial charge is 0.475 e. The molecule has 4 rings (SSSR count). The van der Waals surface area contributed by atoms with Gasteiger partial charge in [-0.25, -0.2) is 9.78 Å². The average molecular weight is 433 g/mol. The fourth-order valence-corrected chi connectivity index (χ4v) is 3.54. The third-order valence-corrected chi connectivity index (χ3v) is 5.21. The number of amides is 1. The molecule has 1 saturated carbocycles. The van der Waals surface area contributed by atoms with Crippen molar-refractivity contribution in [2.75, 3.05) is 5.32 Å². The molecule has 1 amide bonds. The van der Waals surface area contributed by atoms with Gasteiger partial charge in [0.2, 0.25) is 5.13 Å². The summed E-state index contributed by atoms with van der Waals surface area (Å²) in [5.41, 5.74) is 0. The summed E-state index contributed by atoms with van der Waals surface area (Å²) in [5, 5.41) is 19.7. The van der Waals surface area contributed by atoms with Gasteiger partial charge >= 0.3 is 12.1 Å². The number of carbonyl (C=O) groups is 2. The predicted molar refractivity (Wildman–Crippen MR) is 94.3 cm³/mol. The molecular weight excluding hydrogens is 415 g/mol. The fraction of sp³-hybridized carbons (Fsp3) is 0.562. The molecule has 2 aromatic rings. The first-order valence-corrected chi connectivity index (χ1v) is 9.59. The lowest BCUT2D eigenvalue weighted by Gasteiger charge is -2.13. The number of hydrogen-bond acceptors (Lipinski definition) is 7. The molecule has 1 aliphatic carbocycles. The topological polar surface area (TPSA) is 119 Å². The zero-order chi connectivity index (χ0) is 21.0. The summed E-state index contributed by atoms with van der Waals surface area (Å²) < 4.78 is 39.5. The molecule has 9 nitrogen and oxygen atoms in total. The van der Waals surface area contributed by atoms with Crippen LogP contribution < -0.4 is 5.32 Å². The molecule has 2 atom stereocenters. The number of carbonyl (C=O) groups excluding carboxylic acids is 1. The van der Waals surface area contributed by atoms with Crippen LogP contribution in [0.3, 0.4) is 0 Å². The van der Waals surface area contributed by atoms with E-state index in [1.54, 1.807) is 12.5 Å². The van der Waals surface area contributed by atoms with Gasteiger partial charge in [-0.15, -0.1) is 10.2 Å². The Morgan fingerprint density at radius 3 is 2.59 bits per heavy atom. The van der Waals surface area contributed by atoms with E-state index in [2.05, 4.69) is 20.5 Å². The van der Waals surface area contributed by atoms with Crippen molar-refractivity contribution in [1.82, 2.24) is 19.7 Å². The maximum absolute atomic E-state index is 12.2. The summed E-state index contributed by atoms with van der Waals surface area (Å²) in [4.78, 5) is 25.1. The molecule has 29 heavy (non-hydrogen) atoms. The van der Waals surface area contributed by atoms with E-state index in [0.29, 0.717) is 11.0 Å². The minimum absolute atomic E-state index is 0.0568. The van der Waals surface area contributed by atoms with Gasteiger partial charge in [-0.3, -0.25) is 10.1 Å². The molecule has 2 fully saturated rings. The van der Waals surface area contributed by atoms with Gasteiger partial charge in [0.15, 0.2) is 0 Å². The maximum Gasteiger partial charge on any atom is 0.490 e. The van der Waals surface area contributed by atoms with E-state index in [0.717, 1.165) is 24.4 Å². The Balaban J connectivity index is 0.000000298. The Labute approximate surface area is 166 Å². The Kier molecular flexibility index (Phi) is 6.47. The number of aromatic nitrogens is 4. The molecule has 3 heterocycles. The van der Waals surface area contributed by atoms with Gasteiger partial charge in [-0.2, -0.15) is 13.2 Å². The van der Waals surface area contributed by atoms with Gasteiger partial charge in [-0.05, 0) is 25.7 Å². The van der Waals surface area contributed by atoms with Gasteiger partial charge in [0.25, 0.3) is 5.91 Å². The Morgan fingerprint density at radius 2 is 2.00 bits per heavy atom. The second-order valence-corrected chi connectivity index (χ2v) is 7.60.